The van der Waals surface area contributed by atoms with Crippen molar-refractivity contribution in [2.24, 2.45) is 0 Å². The van der Waals surface area contributed by atoms with Crippen LogP contribution >= 0.6 is 15.9 Å². The van der Waals surface area contributed by atoms with Gasteiger partial charge in [-0.3, -0.25) is 9.59 Å². The third kappa shape index (κ3) is 3.58. The van der Waals surface area contributed by atoms with E-state index in [9.17, 15) is 9.59 Å². The number of halogens is 1. The largest absolute Gasteiger partial charge is 0.463 e. The smallest absolute Gasteiger partial charge is 0.271 e. The van der Waals surface area contributed by atoms with E-state index in [4.69, 9.17) is 4.42 Å². The fraction of sp³-hybridized carbons (Fsp3) is 0.360. The molecule has 1 aromatic carbocycles. The Hall–Kier alpha value is -2.80. The molecule has 0 radical (unpaired) electrons. The van der Waals surface area contributed by atoms with Crippen LogP contribution in [0.3, 0.4) is 0 Å². The fourth-order valence-electron chi connectivity index (χ4n) is 4.87. The van der Waals surface area contributed by atoms with Crippen molar-refractivity contribution in [3.05, 3.63) is 70.5 Å². The number of benzene rings is 1. The van der Waals surface area contributed by atoms with Gasteiger partial charge in [0.15, 0.2) is 0 Å². The average Bonchev–Trinajstić information content (AvgIpc) is 3.54. The number of fused-ring (bicyclic) bond motifs is 1. The van der Waals surface area contributed by atoms with Crippen molar-refractivity contribution in [3.8, 4) is 11.5 Å². The number of furan rings is 1. The van der Waals surface area contributed by atoms with E-state index in [0.29, 0.717) is 24.5 Å². The zero-order chi connectivity index (χ0) is 22.3. The summed E-state index contributed by atoms with van der Waals surface area (Å²) in [7, 11) is 0. The van der Waals surface area contributed by atoms with E-state index in [-0.39, 0.29) is 17.9 Å². The molecule has 2 aliphatic rings. The summed E-state index contributed by atoms with van der Waals surface area (Å²) in [5.74, 6) is 0.422. The number of nitrogens with zero attached hydrogens (tertiary/aromatic N) is 2. The van der Waals surface area contributed by atoms with Crippen LogP contribution in [0, 0.1) is 0 Å². The molecule has 0 spiro atoms. The van der Waals surface area contributed by atoms with Gasteiger partial charge in [0.25, 0.3) is 5.91 Å². The Morgan fingerprint density at radius 1 is 1.12 bits per heavy atom. The molecule has 2 amide bonds. The minimum absolute atomic E-state index is 0.102. The topological polar surface area (TPSA) is 67.5 Å². The molecule has 3 aromatic rings. The first-order chi connectivity index (χ1) is 15.5. The molecule has 1 fully saturated rings. The first-order valence-corrected chi connectivity index (χ1v) is 11.9. The maximum absolute atomic E-state index is 13.8. The number of hydrogen-bond donors (Lipinski definition) is 1. The lowest BCUT2D eigenvalue weighted by atomic mass is 9.93. The first kappa shape index (κ1) is 21.1. The van der Waals surface area contributed by atoms with E-state index in [2.05, 4.69) is 21.2 Å². The van der Waals surface area contributed by atoms with E-state index in [1.807, 2.05) is 60.0 Å². The molecule has 1 N–H and O–H groups in total. The number of nitrogens with one attached hydrogen (secondary N) is 1. The molecule has 1 atom stereocenters. The van der Waals surface area contributed by atoms with Crippen LogP contribution in [0.15, 0.2) is 63.7 Å². The summed E-state index contributed by atoms with van der Waals surface area (Å²) < 4.78 is 8.44. The highest BCUT2D eigenvalue weighted by molar-refractivity contribution is 9.10. The van der Waals surface area contributed by atoms with Crippen LogP contribution in [0.5, 0.6) is 0 Å². The van der Waals surface area contributed by atoms with Crippen molar-refractivity contribution in [1.82, 2.24) is 14.8 Å². The Labute approximate surface area is 195 Å². The number of amides is 2. The van der Waals surface area contributed by atoms with Gasteiger partial charge in [-0.1, -0.05) is 47.0 Å². The van der Waals surface area contributed by atoms with Crippen molar-refractivity contribution < 1.29 is 14.0 Å². The van der Waals surface area contributed by atoms with Gasteiger partial charge >= 0.3 is 0 Å². The minimum Gasteiger partial charge on any atom is -0.463 e. The van der Waals surface area contributed by atoms with E-state index in [1.165, 1.54) is 0 Å². The zero-order valence-corrected chi connectivity index (χ0v) is 19.6. The lowest BCUT2D eigenvalue weighted by Crippen LogP contribution is -2.64. The van der Waals surface area contributed by atoms with Gasteiger partial charge in [0.2, 0.25) is 5.91 Å². The Balaban J connectivity index is 1.56. The highest BCUT2D eigenvalue weighted by Gasteiger charge is 2.48. The van der Waals surface area contributed by atoms with Crippen LogP contribution in [0.1, 0.15) is 48.7 Å². The highest BCUT2D eigenvalue weighted by Crippen LogP contribution is 2.35. The fourth-order valence-corrected chi connectivity index (χ4v) is 5.28. The molecule has 3 heterocycles. The molecule has 6 nitrogen and oxygen atoms in total. The molecule has 7 heteroatoms. The van der Waals surface area contributed by atoms with Crippen LogP contribution in [0.4, 0.5) is 0 Å². The van der Waals surface area contributed by atoms with Crippen LogP contribution in [0.2, 0.25) is 0 Å². The van der Waals surface area contributed by atoms with Gasteiger partial charge in [0, 0.05) is 17.1 Å². The van der Waals surface area contributed by atoms with E-state index in [1.54, 1.807) is 11.2 Å². The predicted molar refractivity (Wildman–Crippen MR) is 125 cm³/mol. The number of rotatable bonds is 5. The van der Waals surface area contributed by atoms with Crippen molar-refractivity contribution in [1.29, 1.82) is 0 Å². The maximum atomic E-state index is 13.8. The Morgan fingerprint density at radius 3 is 2.59 bits per heavy atom. The number of hydrogen-bond acceptors (Lipinski definition) is 3. The summed E-state index contributed by atoms with van der Waals surface area (Å²) in [5, 5.41) is 3.24. The summed E-state index contributed by atoms with van der Waals surface area (Å²) in [4.78, 5) is 29.2. The predicted octanol–water partition coefficient (Wildman–Crippen LogP) is 4.98. The molecular weight excluding hydrogens is 470 g/mol. The summed E-state index contributed by atoms with van der Waals surface area (Å²) >= 11 is 3.59. The van der Waals surface area contributed by atoms with Gasteiger partial charge in [-0.05, 0) is 55.7 Å². The van der Waals surface area contributed by atoms with Gasteiger partial charge < -0.3 is 19.2 Å². The quantitative estimate of drug-likeness (QED) is 0.542. The van der Waals surface area contributed by atoms with Crippen molar-refractivity contribution >= 4 is 27.7 Å². The first-order valence-electron chi connectivity index (χ1n) is 11.1. The summed E-state index contributed by atoms with van der Waals surface area (Å²) in [6.45, 7) is 2.58. The number of aromatic nitrogens is 1. The van der Waals surface area contributed by atoms with Crippen LogP contribution in [-0.2, 0) is 17.9 Å². The van der Waals surface area contributed by atoms with Crippen LogP contribution in [-0.4, -0.2) is 32.9 Å². The average molecular weight is 496 g/mol. The van der Waals surface area contributed by atoms with Crippen LogP contribution < -0.4 is 5.32 Å². The summed E-state index contributed by atoms with van der Waals surface area (Å²) in [6.07, 6.45) is 5.86. The summed E-state index contributed by atoms with van der Waals surface area (Å²) in [5.41, 5.74) is 1.29. The Bertz CT molecular complexity index is 1150. The second-order valence-electron chi connectivity index (χ2n) is 8.88. The Morgan fingerprint density at radius 2 is 1.88 bits per heavy atom. The number of carbonyl (C=O) groups is 2. The van der Waals surface area contributed by atoms with Crippen molar-refractivity contribution in [2.45, 2.75) is 57.3 Å². The van der Waals surface area contributed by atoms with Gasteiger partial charge in [-0.25, -0.2) is 0 Å². The summed E-state index contributed by atoms with van der Waals surface area (Å²) in [6, 6.07) is 15.4. The zero-order valence-electron chi connectivity index (χ0n) is 18.0. The molecule has 1 unspecified atom stereocenters. The van der Waals surface area contributed by atoms with E-state index >= 15 is 0 Å². The third-order valence-electron chi connectivity index (χ3n) is 6.75. The van der Waals surface area contributed by atoms with Gasteiger partial charge in [0.1, 0.15) is 17.0 Å². The van der Waals surface area contributed by atoms with Gasteiger partial charge in [-0.15, -0.1) is 0 Å². The standard InChI is InChI=1S/C25H26BrN3O3/c1-25(24(31)27-18-8-3-4-9-18)16-28-20(22-11-6-14-32-22)12-13-21(28)23(30)29(25)15-17-7-2-5-10-19(17)26/h2,5-7,10-14,18H,3-4,8-9,15-16H2,1H3,(H,27,31). The lowest BCUT2D eigenvalue weighted by Gasteiger charge is -2.44. The molecule has 0 saturated heterocycles. The molecule has 0 bridgehead atoms. The monoisotopic (exact) mass is 495 g/mol. The third-order valence-corrected chi connectivity index (χ3v) is 7.52. The molecule has 1 aliphatic heterocycles. The molecule has 32 heavy (non-hydrogen) atoms. The van der Waals surface area contributed by atoms with E-state index in [0.717, 1.165) is 41.4 Å². The molecular formula is C25H26BrN3O3. The van der Waals surface area contributed by atoms with E-state index < -0.39 is 5.54 Å². The Kier molecular flexibility index (Phi) is 5.45. The highest BCUT2D eigenvalue weighted by atomic mass is 79.9. The minimum atomic E-state index is -1.04. The van der Waals surface area contributed by atoms with Crippen molar-refractivity contribution in [3.63, 3.8) is 0 Å². The lowest BCUT2D eigenvalue weighted by molar-refractivity contribution is -0.133. The van der Waals surface area contributed by atoms with Gasteiger partial charge in [-0.2, -0.15) is 0 Å². The second-order valence-corrected chi connectivity index (χ2v) is 9.73. The molecule has 2 aromatic heterocycles. The molecule has 1 saturated carbocycles. The normalized spacial score (nSPS) is 21.1. The van der Waals surface area contributed by atoms with Gasteiger partial charge in [0.05, 0.1) is 18.5 Å². The second kappa shape index (κ2) is 8.28. The van der Waals surface area contributed by atoms with Crippen LogP contribution in [0.25, 0.3) is 11.5 Å². The molecule has 5 rings (SSSR count). The maximum Gasteiger partial charge on any atom is 0.271 e. The SMILES string of the molecule is CC1(C(=O)NC2CCCC2)Cn2c(ccc2-c2ccco2)C(=O)N1Cc1ccccc1Br. The van der Waals surface area contributed by atoms with Crippen molar-refractivity contribution in [2.75, 3.05) is 0 Å². The molecule has 166 valence electrons. The molecule has 1 aliphatic carbocycles. The number of carbonyl (C=O) groups excluding carboxylic acids is 2.